The maximum atomic E-state index is 12.1. The predicted molar refractivity (Wildman–Crippen MR) is 81.3 cm³/mol. The molecule has 0 heterocycles. The molecular formula is C16H23BrO. The van der Waals surface area contributed by atoms with E-state index in [1.54, 1.807) is 0 Å². The highest BCUT2D eigenvalue weighted by Crippen LogP contribution is 2.23. The third kappa shape index (κ3) is 4.56. The number of benzene rings is 1. The first-order valence-corrected chi connectivity index (χ1v) is 7.65. The lowest BCUT2D eigenvalue weighted by molar-refractivity contribution is 0.0979. The van der Waals surface area contributed by atoms with Crippen molar-refractivity contribution in [1.29, 1.82) is 0 Å². The number of carbonyl (C=O) groups excluding carboxylic acids is 1. The lowest BCUT2D eigenvalue weighted by Crippen LogP contribution is -2.01. The van der Waals surface area contributed by atoms with Crippen LogP contribution in [0, 0.1) is 13.8 Å². The van der Waals surface area contributed by atoms with Crippen LogP contribution < -0.4 is 0 Å². The van der Waals surface area contributed by atoms with Gasteiger partial charge in [-0.1, -0.05) is 48.5 Å². The number of hydrogen-bond donors (Lipinski definition) is 0. The Morgan fingerprint density at radius 2 is 1.61 bits per heavy atom. The van der Waals surface area contributed by atoms with Gasteiger partial charge in [-0.3, -0.25) is 4.79 Å². The van der Waals surface area contributed by atoms with Crippen LogP contribution in [0.1, 0.15) is 66.9 Å². The van der Waals surface area contributed by atoms with Crippen LogP contribution in [-0.2, 0) is 0 Å². The maximum Gasteiger partial charge on any atom is 0.162 e. The van der Waals surface area contributed by atoms with E-state index in [0.29, 0.717) is 6.42 Å². The molecule has 0 atom stereocenters. The molecule has 18 heavy (non-hydrogen) atoms. The minimum Gasteiger partial charge on any atom is -0.294 e. The molecule has 0 aromatic heterocycles. The van der Waals surface area contributed by atoms with Crippen LogP contribution in [0.3, 0.4) is 0 Å². The van der Waals surface area contributed by atoms with Gasteiger partial charge >= 0.3 is 0 Å². The molecule has 0 bridgehead atoms. The van der Waals surface area contributed by atoms with Crippen LogP contribution in [0.25, 0.3) is 0 Å². The zero-order valence-corrected chi connectivity index (χ0v) is 13.3. The van der Waals surface area contributed by atoms with Crippen LogP contribution in [0.2, 0.25) is 0 Å². The molecule has 0 saturated heterocycles. The van der Waals surface area contributed by atoms with Crippen molar-refractivity contribution in [2.75, 3.05) is 0 Å². The van der Waals surface area contributed by atoms with Crippen LogP contribution >= 0.6 is 15.9 Å². The van der Waals surface area contributed by atoms with Crippen LogP contribution in [0.15, 0.2) is 16.6 Å². The lowest BCUT2D eigenvalue weighted by atomic mass is 10.00. The van der Waals surface area contributed by atoms with Gasteiger partial charge in [0.1, 0.15) is 0 Å². The smallest absolute Gasteiger partial charge is 0.162 e. The van der Waals surface area contributed by atoms with Gasteiger partial charge in [-0.05, 0) is 43.5 Å². The van der Waals surface area contributed by atoms with Crippen LogP contribution in [0.5, 0.6) is 0 Å². The summed E-state index contributed by atoms with van der Waals surface area (Å²) < 4.78 is 1.11. The fourth-order valence-electron chi connectivity index (χ4n) is 2.14. The van der Waals surface area contributed by atoms with E-state index in [1.165, 1.54) is 25.7 Å². The van der Waals surface area contributed by atoms with Gasteiger partial charge in [0.15, 0.2) is 5.78 Å². The Balaban J connectivity index is 2.52. The first-order valence-electron chi connectivity index (χ1n) is 6.86. The topological polar surface area (TPSA) is 17.1 Å². The van der Waals surface area contributed by atoms with E-state index in [0.717, 1.165) is 27.6 Å². The van der Waals surface area contributed by atoms with Crippen molar-refractivity contribution >= 4 is 21.7 Å². The van der Waals surface area contributed by atoms with Crippen molar-refractivity contribution in [3.05, 3.63) is 33.3 Å². The van der Waals surface area contributed by atoms with Crippen molar-refractivity contribution in [2.45, 2.75) is 59.3 Å². The van der Waals surface area contributed by atoms with E-state index in [9.17, 15) is 4.79 Å². The first kappa shape index (κ1) is 15.4. The summed E-state index contributed by atoms with van der Waals surface area (Å²) >= 11 is 3.53. The second-order valence-electron chi connectivity index (χ2n) is 5.01. The average molecular weight is 311 g/mol. The largest absolute Gasteiger partial charge is 0.294 e. The second kappa shape index (κ2) is 7.73. The normalized spacial score (nSPS) is 10.7. The van der Waals surface area contributed by atoms with E-state index in [-0.39, 0.29) is 5.78 Å². The van der Waals surface area contributed by atoms with Crippen molar-refractivity contribution in [3.8, 4) is 0 Å². The molecule has 0 N–H and O–H groups in total. The number of rotatable bonds is 7. The van der Waals surface area contributed by atoms with Crippen molar-refractivity contribution < 1.29 is 4.79 Å². The van der Waals surface area contributed by atoms with Crippen molar-refractivity contribution in [1.82, 2.24) is 0 Å². The van der Waals surface area contributed by atoms with Gasteiger partial charge in [0, 0.05) is 16.5 Å². The fourth-order valence-corrected chi connectivity index (χ4v) is 2.37. The molecule has 1 rings (SSSR count). The van der Waals surface area contributed by atoms with Crippen molar-refractivity contribution in [2.24, 2.45) is 0 Å². The Morgan fingerprint density at radius 3 is 2.17 bits per heavy atom. The minimum atomic E-state index is 0.283. The zero-order valence-electron chi connectivity index (χ0n) is 11.7. The highest BCUT2D eigenvalue weighted by atomic mass is 79.9. The Labute approximate surface area is 119 Å². The summed E-state index contributed by atoms with van der Waals surface area (Å²) in [6.45, 7) is 6.28. The maximum absolute atomic E-state index is 12.1. The van der Waals surface area contributed by atoms with Gasteiger partial charge in [-0.2, -0.15) is 0 Å². The average Bonchev–Trinajstić information content (AvgIpc) is 2.34. The van der Waals surface area contributed by atoms with Gasteiger partial charge in [0.2, 0.25) is 0 Å². The molecule has 1 aromatic rings. The van der Waals surface area contributed by atoms with Gasteiger partial charge < -0.3 is 0 Å². The summed E-state index contributed by atoms with van der Waals surface area (Å²) in [6, 6.07) is 3.98. The third-order valence-corrected chi connectivity index (χ3v) is 4.52. The first-order chi connectivity index (χ1) is 8.56. The van der Waals surface area contributed by atoms with Gasteiger partial charge in [-0.15, -0.1) is 0 Å². The second-order valence-corrected chi connectivity index (χ2v) is 5.80. The number of carbonyl (C=O) groups is 1. The molecule has 0 aliphatic rings. The number of halogens is 1. The highest BCUT2D eigenvalue weighted by molar-refractivity contribution is 9.10. The lowest BCUT2D eigenvalue weighted by Gasteiger charge is -2.07. The molecule has 0 aliphatic heterocycles. The van der Waals surface area contributed by atoms with E-state index in [1.807, 2.05) is 26.0 Å². The minimum absolute atomic E-state index is 0.283. The number of unbranched alkanes of at least 4 members (excludes halogenated alkanes) is 4. The van der Waals surface area contributed by atoms with E-state index in [4.69, 9.17) is 0 Å². The summed E-state index contributed by atoms with van der Waals surface area (Å²) in [6.07, 6.45) is 6.66. The predicted octanol–water partition coefficient (Wildman–Crippen LogP) is 5.61. The standard InChI is InChI=1S/C16H23BrO/c1-4-5-6-7-8-9-15(18)14-10-12(2)16(17)13(3)11-14/h10-11H,4-9H2,1-3H3. The van der Waals surface area contributed by atoms with Crippen LogP contribution in [-0.4, -0.2) is 5.78 Å². The number of aryl methyl sites for hydroxylation is 2. The molecule has 0 radical (unpaired) electrons. The van der Waals surface area contributed by atoms with Crippen molar-refractivity contribution in [3.63, 3.8) is 0 Å². The molecule has 1 nitrogen and oxygen atoms in total. The molecule has 0 aliphatic carbocycles. The Morgan fingerprint density at radius 1 is 1.06 bits per heavy atom. The SMILES string of the molecule is CCCCCCCC(=O)c1cc(C)c(Br)c(C)c1. The Bertz CT molecular complexity index is 387. The zero-order chi connectivity index (χ0) is 13.5. The van der Waals surface area contributed by atoms with Gasteiger partial charge in [-0.25, -0.2) is 0 Å². The quantitative estimate of drug-likeness (QED) is 0.472. The molecule has 0 unspecified atom stereocenters. The van der Waals surface area contributed by atoms with E-state index >= 15 is 0 Å². The monoisotopic (exact) mass is 310 g/mol. The molecule has 0 saturated carbocycles. The van der Waals surface area contributed by atoms with Gasteiger partial charge in [0.05, 0.1) is 0 Å². The summed E-state index contributed by atoms with van der Waals surface area (Å²) in [5, 5.41) is 0. The Kier molecular flexibility index (Phi) is 6.62. The molecule has 0 amide bonds. The summed E-state index contributed by atoms with van der Waals surface area (Å²) in [4.78, 5) is 12.1. The van der Waals surface area contributed by atoms with Gasteiger partial charge in [0.25, 0.3) is 0 Å². The molecular weight excluding hydrogens is 288 g/mol. The summed E-state index contributed by atoms with van der Waals surface area (Å²) in [7, 11) is 0. The molecule has 2 heteroatoms. The summed E-state index contributed by atoms with van der Waals surface area (Å²) in [5.74, 6) is 0.283. The van der Waals surface area contributed by atoms with E-state index < -0.39 is 0 Å². The van der Waals surface area contributed by atoms with Crippen LogP contribution in [0.4, 0.5) is 0 Å². The molecule has 1 aromatic carbocycles. The summed E-state index contributed by atoms with van der Waals surface area (Å²) in [5.41, 5.74) is 3.15. The number of Topliss-reactive ketones (excluding diaryl/α,β-unsaturated/α-hetero) is 1. The third-order valence-electron chi connectivity index (χ3n) is 3.27. The molecule has 100 valence electrons. The van der Waals surface area contributed by atoms with E-state index in [2.05, 4.69) is 22.9 Å². The number of ketones is 1. The number of hydrogen-bond acceptors (Lipinski definition) is 1. The highest BCUT2D eigenvalue weighted by Gasteiger charge is 2.09. The fraction of sp³-hybridized carbons (Fsp3) is 0.562. The Hall–Kier alpha value is -0.630. The molecule has 0 spiro atoms. The molecule has 0 fully saturated rings.